The number of hydrogen-bond donors (Lipinski definition) is 3. The van der Waals surface area contributed by atoms with Crippen molar-refractivity contribution < 1.29 is 22.4 Å². The van der Waals surface area contributed by atoms with Crippen molar-refractivity contribution in [3.05, 3.63) is 87.9 Å². The van der Waals surface area contributed by atoms with Gasteiger partial charge in [-0.1, -0.05) is 12.1 Å². The highest BCUT2D eigenvalue weighted by Gasteiger charge is 2.42. The van der Waals surface area contributed by atoms with Gasteiger partial charge >= 0.3 is 6.18 Å². The minimum Gasteiger partial charge on any atom is -0.366 e. The molecule has 4 rings (SSSR count). The van der Waals surface area contributed by atoms with Crippen LogP contribution >= 0.6 is 0 Å². The third-order valence-electron chi connectivity index (χ3n) is 5.08. The summed E-state index contributed by atoms with van der Waals surface area (Å²) in [6.07, 6.45) is -2.89. The highest BCUT2D eigenvalue weighted by molar-refractivity contribution is 5.93. The molecule has 1 unspecified atom stereocenters. The van der Waals surface area contributed by atoms with E-state index in [0.29, 0.717) is 34.6 Å². The Balaban J connectivity index is 1.65. The Hall–Kier alpha value is -3.95. The van der Waals surface area contributed by atoms with Crippen LogP contribution in [0.25, 0.3) is 11.0 Å². The number of primary amides is 1. The molecular formula is C22H16F4N4O2. The SMILES string of the molecule is NC(=O)C1=CC(C(F)(F)F)=CC(F)(c2ccc(Nc3ccnc4[nH]c(=O)ccc34)cc2)C1. The van der Waals surface area contributed by atoms with Crippen LogP contribution in [0.3, 0.4) is 0 Å². The smallest absolute Gasteiger partial charge is 0.366 e. The van der Waals surface area contributed by atoms with Gasteiger partial charge in [-0.15, -0.1) is 0 Å². The van der Waals surface area contributed by atoms with Gasteiger partial charge in [-0.2, -0.15) is 13.2 Å². The summed E-state index contributed by atoms with van der Waals surface area (Å²) in [4.78, 5) is 29.6. The molecule has 3 aromatic rings. The Kier molecular flexibility index (Phi) is 5.08. The number of nitrogens with zero attached hydrogens (tertiary/aromatic N) is 1. The molecule has 0 aliphatic heterocycles. The van der Waals surface area contributed by atoms with Gasteiger partial charge < -0.3 is 16.0 Å². The Labute approximate surface area is 178 Å². The number of nitrogens with two attached hydrogens (primary N) is 1. The minimum absolute atomic E-state index is 0.0550. The number of H-pyrrole nitrogens is 1. The van der Waals surface area contributed by atoms with E-state index in [-0.39, 0.29) is 11.1 Å². The number of hydrogen-bond acceptors (Lipinski definition) is 4. The number of aromatic nitrogens is 2. The van der Waals surface area contributed by atoms with Gasteiger partial charge in [-0.05, 0) is 42.0 Å². The number of allylic oxidation sites excluding steroid dienone is 3. The molecule has 0 fully saturated rings. The average molecular weight is 444 g/mol. The van der Waals surface area contributed by atoms with Crippen molar-refractivity contribution in [1.29, 1.82) is 0 Å². The van der Waals surface area contributed by atoms with Crippen LogP contribution in [-0.4, -0.2) is 22.1 Å². The van der Waals surface area contributed by atoms with Crippen LogP contribution in [0.15, 0.2) is 76.8 Å². The van der Waals surface area contributed by atoms with Gasteiger partial charge in [0.05, 0.1) is 11.3 Å². The fraction of sp³-hybridized carbons (Fsp3) is 0.136. The van der Waals surface area contributed by atoms with E-state index < -0.39 is 35.3 Å². The zero-order chi connectivity index (χ0) is 23.1. The first kappa shape index (κ1) is 21.3. The maximum atomic E-state index is 15.6. The molecule has 164 valence electrons. The molecule has 10 heteroatoms. The molecule has 2 aromatic heterocycles. The number of fused-ring (bicyclic) bond motifs is 1. The van der Waals surface area contributed by atoms with Crippen molar-refractivity contribution in [2.75, 3.05) is 5.32 Å². The summed E-state index contributed by atoms with van der Waals surface area (Å²) in [7, 11) is 0. The molecule has 0 saturated heterocycles. The maximum Gasteiger partial charge on any atom is 0.416 e. The Morgan fingerprint density at radius 3 is 2.50 bits per heavy atom. The number of pyridine rings is 2. The second-order valence-corrected chi connectivity index (χ2v) is 7.32. The van der Waals surface area contributed by atoms with Gasteiger partial charge in [0.25, 0.3) is 0 Å². The van der Waals surface area contributed by atoms with E-state index in [1.165, 1.54) is 36.5 Å². The lowest BCUT2D eigenvalue weighted by Crippen LogP contribution is -2.29. The van der Waals surface area contributed by atoms with Crippen molar-refractivity contribution in [2.45, 2.75) is 18.3 Å². The number of carbonyl (C=O) groups is 1. The summed E-state index contributed by atoms with van der Waals surface area (Å²) in [5.74, 6) is -1.11. The second-order valence-electron chi connectivity index (χ2n) is 7.32. The summed E-state index contributed by atoms with van der Waals surface area (Å²) in [6.45, 7) is 0. The van der Waals surface area contributed by atoms with Crippen molar-refractivity contribution >= 4 is 28.3 Å². The summed E-state index contributed by atoms with van der Waals surface area (Å²) >= 11 is 0. The molecule has 1 aliphatic rings. The minimum atomic E-state index is -4.83. The largest absolute Gasteiger partial charge is 0.416 e. The van der Waals surface area contributed by atoms with E-state index >= 15 is 4.39 Å². The first-order chi connectivity index (χ1) is 15.0. The summed E-state index contributed by atoms with van der Waals surface area (Å²) < 4.78 is 55.3. The molecule has 32 heavy (non-hydrogen) atoms. The highest BCUT2D eigenvalue weighted by Crippen LogP contribution is 2.43. The van der Waals surface area contributed by atoms with Crippen LogP contribution in [0.2, 0.25) is 0 Å². The molecule has 1 atom stereocenters. The fourth-order valence-electron chi connectivity index (χ4n) is 3.52. The number of nitrogens with one attached hydrogen (secondary N) is 2. The van der Waals surface area contributed by atoms with E-state index in [2.05, 4.69) is 15.3 Å². The molecule has 0 radical (unpaired) electrons. The average Bonchev–Trinajstić information content (AvgIpc) is 2.73. The third kappa shape index (κ3) is 4.11. The van der Waals surface area contributed by atoms with Crippen LogP contribution in [0.5, 0.6) is 0 Å². The number of rotatable bonds is 4. The van der Waals surface area contributed by atoms with Crippen LogP contribution in [0, 0.1) is 0 Å². The summed E-state index contributed by atoms with van der Waals surface area (Å²) in [6, 6.07) is 10.3. The quantitative estimate of drug-likeness (QED) is 0.527. The summed E-state index contributed by atoms with van der Waals surface area (Å²) in [5.41, 5.74) is 2.03. The van der Waals surface area contributed by atoms with Crippen LogP contribution in [0.1, 0.15) is 12.0 Å². The fourth-order valence-corrected chi connectivity index (χ4v) is 3.52. The van der Waals surface area contributed by atoms with Crippen molar-refractivity contribution in [1.82, 2.24) is 9.97 Å². The standard InChI is InChI=1S/C22H16F4N4O2/c23-21(10-12(19(27)32)9-14(11-21)22(24,25)26)13-1-3-15(4-2-13)29-17-7-8-28-20-16(17)5-6-18(31)30-20/h1-9,11H,10H2,(H2,27,32)(H2,28,29,30,31). The third-order valence-corrected chi connectivity index (χ3v) is 5.08. The van der Waals surface area contributed by atoms with E-state index in [1.54, 1.807) is 12.1 Å². The Bertz CT molecular complexity index is 1330. The van der Waals surface area contributed by atoms with Gasteiger partial charge in [0.2, 0.25) is 11.5 Å². The molecule has 6 nitrogen and oxygen atoms in total. The predicted octanol–water partition coefficient (Wildman–Crippen LogP) is 4.14. The number of carbonyl (C=O) groups excluding carboxylic acids is 1. The molecular weight excluding hydrogens is 428 g/mol. The molecule has 2 heterocycles. The van der Waals surface area contributed by atoms with E-state index in [4.69, 9.17) is 5.73 Å². The normalized spacial score (nSPS) is 18.8. The van der Waals surface area contributed by atoms with Gasteiger partial charge in [0, 0.05) is 35.3 Å². The predicted molar refractivity (Wildman–Crippen MR) is 111 cm³/mol. The van der Waals surface area contributed by atoms with Crippen molar-refractivity contribution in [3.8, 4) is 0 Å². The second kappa shape index (κ2) is 7.63. The molecule has 4 N–H and O–H groups in total. The number of anilines is 2. The van der Waals surface area contributed by atoms with E-state index in [9.17, 15) is 22.8 Å². The zero-order valence-electron chi connectivity index (χ0n) is 16.3. The lowest BCUT2D eigenvalue weighted by atomic mass is 9.82. The molecule has 0 bridgehead atoms. The molecule has 1 aliphatic carbocycles. The van der Waals surface area contributed by atoms with Gasteiger partial charge in [0.1, 0.15) is 5.65 Å². The maximum absolute atomic E-state index is 15.6. The monoisotopic (exact) mass is 444 g/mol. The van der Waals surface area contributed by atoms with E-state index in [0.717, 1.165) is 0 Å². The lowest BCUT2D eigenvalue weighted by Gasteiger charge is -2.28. The zero-order valence-corrected chi connectivity index (χ0v) is 16.3. The Morgan fingerprint density at radius 1 is 1.12 bits per heavy atom. The number of alkyl halides is 4. The van der Waals surface area contributed by atoms with Gasteiger partial charge in [-0.25, -0.2) is 9.37 Å². The molecule has 0 saturated carbocycles. The first-order valence-electron chi connectivity index (χ1n) is 9.40. The van der Waals surface area contributed by atoms with E-state index in [1.807, 2.05) is 0 Å². The molecule has 1 amide bonds. The Morgan fingerprint density at radius 2 is 1.84 bits per heavy atom. The molecule has 0 spiro atoms. The lowest BCUT2D eigenvalue weighted by molar-refractivity contribution is -0.115. The van der Waals surface area contributed by atoms with Crippen molar-refractivity contribution in [3.63, 3.8) is 0 Å². The van der Waals surface area contributed by atoms with Gasteiger partial charge in [0.15, 0.2) is 5.67 Å². The topological polar surface area (TPSA) is 101 Å². The number of benzene rings is 1. The molecule has 1 aromatic carbocycles. The van der Waals surface area contributed by atoms with Gasteiger partial charge in [-0.3, -0.25) is 9.59 Å². The first-order valence-corrected chi connectivity index (χ1v) is 9.40. The highest BCUT2D eigenvalue weighted by atomic mass is 19.4. The van der Waals surface area contributed by atoms with Crippen LogP contribution in [-0.2, 0) is 10.5 Å². The van der Waals surface area contributed by atoms with Crippen LogP contribution in [0.4, 0.5) is 28.9 Å². The van der Waals surface area contributed by atoms with Crippen molar-refractivity contribution in [2.24, 2.45) is 5.73 Å². The summed E-state index contributed by atoms with van der Waals surface area (Å²) in [5, 5.41) is 3.74. The number of aromatic amines is 1. The number of halogens is 4. The number of amides is 1. The van der Waals surface area contributed by atoms with Crippen LogP contribution < -0.4 is 16.6 Å².